The first-order valence-electron chi connectivity index (χ1n) is 10.3. The van der Waals surface area contributed by atoms with E-state index >= 15 is 0 Å². The summed E-state index contributed by atoms with van der Waals surface area (Å²) in [6, 6.07) is 11.9. The minimum atomic E-state index is -0.850. The van der Waals surface area contributed by atoms with Crippen molar-refractivity contribution in [2.75, 3.05) is 5.32 Å². The van der Waals surface area contributed by atoms with Crippen molar-refractivity contribution in [3.8, 4) is 0 Å². The molecule has 2 aromatic carbocycles. The first kappa shape index (κ1) is 20.8. The van der Waals surface area contributed by atoms with Gasteiger partial charge in [0, 0.05) is 5.69 Å². The normalized spacial score (nSPS) is 14.3. The van der Waals surface area contributed by atoms with Gasteiger partial charge >= 0.3 is 0 Å². The summed E-state index contributed by atoms with van der Waals surface area (Å²) in [5.41, 5.74) is 3.61. The van der Waals surface area contributed by atoms with E-state index in [1.54, 1.807) is 24.3 Å². The van der Waals surface area contributed by atoms with E-state index < -0.39 is 17.9 Å². The predicted octanol–water partition coefficient (Wildman–Crippen LogP) is 4.46. The highest BCUT2D eigenvalue weighted by Crippen LogP contribution is 2.29. The first-order valence-corrected chi connectivity index (χ1v) is 10.3. The van der Waals surface area contributed by atoms with Crippen molar-refractivity contribution in [1.82, 2.24) is 4.90 Å². The van der Waals surface area contributed by atoms with Crippen LogP contribution in [0.25, 0.3) is 0 Å². The molecule has 0 aliphatic carbocycles. The monoisotopic (exact) mass is 392 g/mol. The van der Waals surface area contributed by atoms with Crippen molar-refractivity contribution in [3.63, 3.8) is 0 Å². The zero-order chi connectivity index (χ0) is 21.1. The molecule has 0 radical (unpaired) electrons. The van der Waals surface area contributed by atoms with E-state index in [4.69, 9.17) is 0 Å². The number of hydrogen-bond acceptors (Lipinski definition) is 3. The van der Waals surface area contributed by atoms with Crippen LogP contribution in [0.5, 0.6) is 0 Å². The molecule has 0 unspecified atom stereocenters. The van der Waals surface area contributed by atoms with Crippen LogP contribution >= 0.6 is 0 Å². The fraction of sp³-hybridized carbons (Fsp3) is 0.375. The van der Waals surface area contributed by atoms with E-state index in [2.05, 4.69) is 5.32 Å². The van der Waals surface area contributed by atoms with Crippen LogP contribution in [0.4, 0.5) is 5.69 Å². The molecule has 1 N–H and O–H groups in total. The SMILES string of the molecule is CCc1cccc(CC)c1NC(=O)[C@@H](CC(C)C)N1C(=O)c2ccccc2C1=O. The van der Waals surface area contributed by atoms with Crippen molar-refractivity contribution in [1.29, 1.82) is 0 Å². The molecule has 3 rings (SSSR count). The number of carbonyl (C=O) groups excluding carboxylic acids is 3. The van der Waals surface area contributed by atoms with Gasteiger partial charge in [-0.05, 0) is 48.4 Å². The summed E-state index contributed by atoms with van der Waals surface area (Å²) >= 11 is 0. The van der Waals surface area contributed by atoms with Gasteiger partial charge in [-0.15, -0.1) is 0 Å². The minimum absolute atomic E-state index is 0.141. The van der Waals surface area contributed by atoms with Crippen LogP contribution in [0, 0.1) is 5.92 Å². The lowest BCUT2D eigenvalue weighted by atomic mass is 9.99. The molecule has 29 heavy (non-hydrogen) atoms. The number of anilines is 1. The van der Waals surface area contributed by atoms with Crippen molar-refractivity contribution < 1.29 is 14.4 Å². The lowest BCUT2D eigenvalue weighted by Gasteiger charge is -2.27. The van der Waals surface area contributed by atoms with Crippen LogP contribution in [0.2, 0.25) is 0 Å². The maximum atomic E-state index is 13.4. The highest BCUT2D eigenvalue weighted by atomic mass is 16.2. The molecule has 152 valence electrons. The lowest BCUT2D eigenvalue weighted by molar-refractivity contribution is -0.120. The largest absolute Gasteiger partial charge is 0.324 e. The second kappa shape index (κ2) is 8.60. The number of benzene rings is 2. The molecular formula is C24H28N2O3. The molecule has 0 fully saturated rings. The molecule has 5 heteroatoms. The number of fused-ring (bicyclic) bond motifs is 1. The van der Waals surface area contributed by atoms with Crippen molar-refractivity contribution in [2.24, 2.45) is 5.92 Å². The molecule has 1 atom stereocenters. The number of carbonyl (C=O) groups is 3. The Labute approximate surface area is 172 Å². The molecule has 5 nitrogen and oxygen atoms in total. The number of hydrogen-bond donors (Lipinski definition) is 1. The summed E-state index contributed by atoms with van der Waals surface area (Å²) in [5, 5.41) is 3.05. The summed E-state index contributed by atoms with van der Waals surface area (Å²) < 4.78 is 0. The number of nitrogens with zero attached hydrogens (tertiary/aromatic N) is 1. The predicted molar refractivity (Wildman–Crippen MR) is 114 cm³/mol. The van der Waals surface area contributed by atoms with E-state index in [-0.39, 0.29) is 11.8 Å². The summed E-state index contributed by atoms with van der Waals surface area (Å²) in [6.07, 6.45) is 1.98. The average Bonchev–Trinajstić information content (AvgIpc) is 2.96. The second-order valence-electron chi connectivity index (χ2n) is 7.82. The van der Waals surface area contributed by atoms with Gasteiger partial charge in [-0.25, -0.2) is 0 Å². The van der Waals surface area contributed by atoms with Crippen LogP contribution in [0.15, 0.2) is 42.5 Å². The van der Waals surface area contributed by atoms with Crippen molar-refractivity contribution >= 4 is 23.4 Å². The topological polar surface area (TPSA) is 66.5 Å². The number of amides is 3. The smallest absolute Gasteiger partial charge is 0.262 e. The summed E-state index contributed by atoms with van der Waals surface area (Å²) in [6.45, 7) is 8.05. The van der Waals surface area contributed by atoms with Gasteiger partial charge in [0.15, 0.2) is 0 Å². The molecule has 0 spiro atoms. The van der Waals surface area contributed by atoms with Crippen LogP contribution < -0.4 is 5.32 Å². The highest BCUT2D eigenvalue weighted by molar-refractivity contribution is 6.23. The zero-order valence-corrected chi connectivity index (χ0v) is 17.5. The van der Waals surface area contributed by atoms with Crippen molar-refractivity contribution in [2.45, 2.75) is 53.0 Å². The fourth-order valence-electron chi connectivity index (χ4n) is 3.88. The van der Waals surface area contributed by atoms with Gasteiger partial charge in [0.2, 0.25) is 5.91 Å². The number of imide groups is 1. The number of nitrogens with one attached hydrogen (secondary N) is 1. The Morgan fingerprint density at radius 2 is 1.41 bits per heavy atom. The Morgan fingerprint density at radius 1 is 0.897 bits per heavy atom. The van der Waals surface area contributed by atoms with Gasteiger partial charge in [-0.1, -0.05) is 58.0 Å². The third kappa shape index (κ3) is 3.95. The van der Waals surface area contributed by atoms with Gasteiger partial charge in [0.1, 0.15) is 6.04 Å². The van der Waals surface area contributed by atoms with Crippen molar-refractivity contribution in [3.05, 3.63) is 64.7 Å². The molecule has 3 amide bonds. The van der Waals surface area contributed by atoms with Gasteiger partial charge in [0.05, 0.1) is 11.1 Å². The quantitative estimate of drug-likeness (QED) is 0.708. The van der Waals surface area contributed by atoms with Crippen LogP contribution in [-0.4, -0.2) is 28.7 Å². The van der Waals surface area contributed by atoms with E-state index in [0.29, 0.717) is 17.5 Å². The standard InChI is InChI=1S/C24H28N2O3/c1-5-16-10-9-11-17(6-2)21(16)25-22(27)20(14-15(3)4)26-23(28)18-12-7-8-13-19(18)24(26)29/h7-13,15,20H,5-6,14H2,1-4H3,(H,25,27)/t20-/m1/s1. The Hall–Kier alpha value is -2.95. The van der Waals surface area contributed by atoms with Gasteiger partial charge in [-0.2, -0.15) is 0 Å². The van der Waals surface area contributed by atoms with Crippen LogP contribution in [-0.2, 0) is 17.6 Å². The van der Waals surface area contributed by atoms with E-state index in [0.717, 1.165) is 34.6 Å². The zero-order valence-electron chi connectivity index (χ0n) is 17.5. The van der Waals surface area contributed by atoms with Crippen LogP contribution in [0.1, 0.15) is 66.0 Å². The Morgan fingerprint density at radius 3 is 1.86 bits per heavy atom. The average molecular weight is 392 g/mol. The van der Waals surface area contributed by atoms with Gasteiger partial charge < -0.3 is 5.32 Å². The third-order valence-corrected chi connectivity index (χ3v) is 5.38. The molecule has 1 aliphatic heterocycles. The second-order valence-corrected chi connectivity index (χ2v) is 7.82. The highest BCUT2D eigenvalue weighted by Gasteiger charge is 2.42. The number of rotatable bonds is 7. The molecule has 1 heterocycles. The summed E-state index contributed by atoms with van der Waals surface area (Å²) in [4.78, 5) is 40.4. The Bertz CT molecular complexity index is 892. The van der Waals surface area contributed by atoms with Gasteiger partial charge in [-0.3, -0.25) is 19.3 Å². The minimum Gasteiger partial charge on any atom is -0.324 e. The Balaban J connectivity index is 1.96. The van der Waals surface area contributed by atoms with E-state index in [9.17, 15) is 14.4 Å². The van der Waals surface area contributed by atoms with Gasteiger partial charge in [0.25, 0.3) is 11.8 Å². The third-order valence-electron chi connectivity index (χ3n) is 5.38. The number of para-hydroxylation sites is 1. The van der Waals surface area contributed by atoms with Crippen LogP contribution in [0.3, 0.4) is 0 Å². The van der Waals surface area contributed by atoms with E-state index in [1.807, 2.05) is 45.9 Å². The maximum absolute atomic E-state index is 13.4. The molecule has 1 aliphatic rings. The lowest BCUT2D eigenvalue weighted by Crippen LogP contribution is -2.48. The first-order chi connectivity index (χ1) is 13.9. The molecule has 2 aromatic rings. The molecule has 0 saturated carbocycles. The Kier molecular flexibility index (Phi) is 6.16. The van der Waals surface area contributed by atoms with E-state index in [1.165, 1.54) is 0 Å². The molecular weight excluding hydrogens is 364 g/mol. The molecule has 0 aromatic heterocycles. The molecule has 0 bridgehead atoms. The maximum Gasteiger partial charge on any atom is 0.262 e. The summed E-state index contributed by atoms with van der Waals surface area (Å²) in [5.74, 6) is -0.970. The number of aryl methyl sites for hydroxylation is 2. The molecule has 0 saturated heterocycles. The summed E-state index contributed by atoms with van der Waals surface area (Å²) in [7, 11) is 0. The fourth-order valence-corrected chi connectivity index (χ4v) is 3.88.